The first kappa shape index (κ1) is 24.6. The molecule has 1 aliphatic carbocycles. The Balaban J connectivity index is 1.77. The Kier molecular flexibility index (Phi) is 7.32. The smallest absolute Gasteiger partial charge is 0.259 e. The second-order valence-electron chi connectivity index (χ2n) is 9.48. The van der Waals surface area contributed by atoms with Crippen LogP contribution in [0.15, 0.2) is 18.2 Å². The molecule has 0 spiro atoms. The van der Waals surface area contributed by atoms with E-state index in [0.29, 0.717) is 29.3 Å². The van der Waals surface area contributed by atoms with Gasteiger partial charge in [-0.3, -0.25) is 9.59 Å². The number of aromatic amines is 1. The van der Waals surface area contributed by atoms with Crippen molar-refractivity contribution in [3.05, 3.63) is 46.3 Å². The molecule has 0 unspecified atom stereocenters. The number of benzene rings is 1. The van der Waals surface area contributed by atoms with Gasteiger partial charge in [-0.25, -0.2) is 0 Å². The highest BCUT2D eigenvalue weighted by Crippen LogP contribution is 2.43. The molecule has 1 saturated carbocycles. The van der Waals surface area contributed by atoms with Crippen LogP contribution in [0, 0.1) is 31.6 Å². The molecule has 1 aliphatic heterocycles. The van der Waals surface area contributed by atoms with Crippen molar-refractivity contribution in [1.82, 2.24) is 10.3 Å². The van der Waals surface area contributed by atoms with E-state index in [1.165, 1.54) is 7.11 Å². The third-order valence-corrected chi connectivity index (χ3v) is 6.94. The molecule has 7 heteroatoms. The number of hydrogen-bond donors (Lipinski definition) is 3. The standard InChI is InChI=1S/C28H34N4O3/c1-5-6-11-30-27(33)23-14-25-21(15-26(23)35-4)22(13-24-17(2)12-18(3)31-24)28(34)32(25)16-19-7-9-20(29)10-8-19/h12-15,19-20,31H,7-11,16,29H2,1-4H3,(H,30,33)/b22-13-. The summed E-state index contributed by atoms with van der Waals surface area (Å²) in [6.45, 7) is 6.60. The van der Waals surface area contributed by atoms with E-state index in [1.54, 1.807) is 19.1 Å². The number of aryl methyl sites for hydroxylation is 2. The van der Waals surface area contributed by atoms with Crippen LogP contribution in [0.25, 0.3) is 11.6 Å². The number of rotatable bonds is 6. The second kappa shape index (κ2) is 10.4. The number of ether oxygens (including phenoxy) is 1. The molecule has 35 heavy (non-hydrogen) atoms. The van der Waals surface area contributed by atoms with Gasteiger partial charge in [0.1, 0.15) is 5.75 Å². The van der Waals surface area contributed by atoms with Gasteiger partial charge in [-0.15, -0.1) is 5.92 Å². The van der Waals surface area contributed by atoms with Crippen molar-refractivity contribution in [3.8, 4) is 17.6 Å². The van der Waals surface area contributed by atoms with E-state index >= 15 is 0 Å². The number of carbonyl (C=O) groups is 2. The van der Waals surface area contributed by atoms with Gasteiger partial charge in [0.25, 0.3) is 11.8 Å². The molecule has 4 rings (SSSR count). The molecule has 184 valence electrons. The van der Waals surface area contributed by atoms with Gasteiger partial charge in [-0.2, -0.15) is 0 Å². The predicted molar refractivity (Wildman–Crippen MR) is 139 cm³/mol. The molecule has 2 amide bonds. The number of methoxy groups -OCH3 is 1. The summed E-state index contributed by atoms with van der Waals surface area (Å²) in [6.07, 6.45) is 5.84. The van der Waals surface area contributed by atoms with Gasteiger partial charge < -0.3 is 25.7 Å². The molecule has 1 aromatic carbocycles. The van der Waals surface area contributed by atoms with Crippen LogP contribution >= 0.6 is 0 Å². The van der Waals surface area contributed by atoms with Crippen molar-refractivity contribution >= 4 is 29.2 Å². The van der Waals surface area contributed by atoms with Gasteiger partial charge >= 0.3 is 0 Å². The van der Waals surface area contributed by atoms with E-state index in [0.717, 1.165) is 53.9 Å². The first-order chi connectivity index (χ1) is 16.8. The molecule has 0 bridgehead atoms. The minimum atomic E-state index is -0.281. The summed E-state index contributed by atoms with van der Waals surface area (Å²) in [6, 6.07) is 5.89. The molecule has 2 aromatic rings. The fourth-order valence-corrected chi connectivity index (χ4v) is 5.03. The number of nitrogens with one attached hydrogen (secondary N) is 2. The Morgan fingerprint density at radius 2 is 2.00 bits per heavy atom. The highest BCUT2D eigenvalue weighted by Gasteiger charge is 2.36. The Hall–Kier alpha value is -3.50. The lowest BCUT2D eigenvalue weighted by molar-refractivity contribution is -0.113. The quantitative estimate of drug-likeness (QED) is 0.438. The lowest BCUT2D eigenvalue weighted by atomic mass is 9.86. The van der Waals surface area contributed by atoms with Crippen molar-refractivity contribution in [2.75, 3.05) is 25.1 Å². The number of nitrogens with two attached hydrogens (primary N) is 1. The fourth-order valence-electron chi connectivity index (χ4n) is 5.03. The van der Waals surface area contributed by atoms with Gasteiger partial charge in [0, 0.05) is 29.5 Å². The summed E-state index contributed by atoms with van der Waals surface area (Å²) in [7, 11) is 1.53. The normalized spacial score (nSPS) is 20.4. The summed E-state index contributed by atoms with van der Waals surface area (Å²) in [5.41, 5.74) is 11.6. The maximum Gasteiger partial charge on any atom is 0.259 e. The van der Waals surface area contributed by atoms with Crippen molar-refractivity contribution in [2.45, 2.75) is 52.5 Å². The minimum absolute atomic E-state index is 0.0574. The monoisotopic (exact) mass is 474 g/mol. The largest absolute Gasteiger partial charge is 0.496 e. The number of hydrogen-bond acceptors (Lipinski definition) is 4. The minimum Gasteiger partial charge on any atom is -0.496 e. The zero-order valence-electron chi connectivity index (χ0n) is 21.0. The fraction of sp³-hybridized carbons (Fsp3) is 0.429. The first-order valence-corrected chi connectivity index (χ1v) is 12.2. The Labute approximate surface area is 207 Å². The lowest BCUT2D eigenvalue weighted by Crippen LogP contribution is -2.36. The SMILES string of the molecule is CC#CCNC(=O)c1cc2c(cc1OC)/C(=C/c1[nH]c(C)cc1C)C(=O)N2CC1CCC(N)CC1. The number of amides is 2. The summed E-state index contributed by atoms with van der Waals surface area (Å²) < 4.78 is 5.58. The van der Waals surface area contributed by atoms with Crippen molar-refractivity contribution in [1.29, 1.82) is 0 Å². The molecule has 1 fully saturated rings. The van der Waals surface area contributed by atoms with Crippen molar-refractivity contribution < 1.29 is 14.3 Å². The molecular formula is C28H34N4O3. The number of fused-ring (bicyclic) bond motifs is 1. The third kappa shape index (κ3) is 5.13. The van der Waals surface area contributed by atoms with E-state index in [9.17, 15) is 9.59 Å². The van der Waals surface area contributed by atoms with E-state index in [-0.39, 0.29) is 24.4 Å². The maximum absolute atomic E-state index is 13.8. The van der Waals surface area contributed by atoms with Crippen molar-refractivity contribution in [3.63, 3.8) is 0 Å². The van der Waals surface area contributed by atoms with Crippen LogP contribution in [-0.2, 0) is 4.79 Å². The van der Waals surface area contributed by atoms with Gasteiger partial charge in [0.05, 0.1) is 30.5 Å². The van der Waals surface area contributed by atoms with E-state index in [1.807, 2.05) is 24.8 Å². The van der Waals surface area contributed by atoms with E-state index in [2.05, 4.69) is 28.2 Å². The summed E-state index contributed by atoms with van der Waals surface area (Å²) in [5, 5.41) is 2.81. The average molecular weight is 475 g/mol. The zero-order chi connectivity index (χ0) is 25.1. The van der Waals surface area contributed by atoms with Gasteiger partial charge in [0.2, 0.25) is 0 Å². The molecule has 2 aliphatic rings. The molecule has 4 N–H and O–H groups in total. The van der Waals surface area contributed by atoms with Crippen molar-refractivity contribution in [2.24, 2.45) is 11.7 Å². The Bertz CT molecular complexity index is 1220. The number of anilines is 1. The van der Waals surface area contributed by atoms with Crippen LogP contribution < -0.4 is 20.7 Å². The Morgan fingerprint density at radius 1 is 1.26 bits per heavy atom. The first-order valence-electron chi connectivity index (χ1n) is 12.2. The van der Waals surface area contributed by atoms with Crippen LogP contribution in [0.2, 0.25) is 0 Å². The third-order valence-electron chi connectivity index (χ3n) is 6.94. The molecule has 2 heterocycles. The zero-order valence-corrected chi connectivity index (χ0v) is 21.0. The predicted octanol–water partition coefficient (Wildman–Crippen LogP) is 3.80. The molecular weight excluding hydrogens is 440 g/mol. The average Bonchev–Trinajstić information content (AvgIpc) is 3.29. The molecule has 7 nitrogen and oxygen atoms in total. The lowest BCUT2D eigenvalue weighted by Gasteiger charge is -2.30. The van der Waals surface area contributed by atoms with Gasteiger partial charge in [0.15, 0.2) is 0 Å². The van der Waals surface area contributed by atoms with Gasteiger partial charge in [-0.05, 0) is 82.2 Å². The molecule has 0 atom stereocenters. The number of aromatic nitrogens is 1. The maximum atomic E-state index is 13.8. The number of H-pyrrole nitrogens is 1. The molecule has 1 aromatic heterocycles. The van der Waals surface area contributed by atoms with Crippen LogP contribution in [0.3, 0.4) is 0 Å². The van der Waals surface area contributed by atoms with Crippen LogP contribution in [-0.4, -0.2) is 43.0 Å². The topological polar surface area (TPSA) is 100 Å². The highest BCUT2D eigenvalue weighted by atomic mass is 16.5. The van der Waals surface area contributed by atoms with Gasteiger partial charge in [-0.1, -0.05) is 5.92 Å². The number of nitrogens with zero attached hydrogens (tertiary/aromatic N) is 1. The summed E-state index contributed by atoms with van der Waals surface area (Å²) >= 11 is 0. The van der Waals surface area contributed by atoms with Crippen LogP contribution in [0.1, 0.15) is 65.5 Å². The summed E-state index contributed by atoms with van der Waals surface area (Å²) in [5.74, 6) is 6.08. The summed E-state index contributed by atoms with van der Waals surface area (Å²) in [4.78, 5) is 31.9. The van der Waals surface area contributed by atoms with Crippen LogP contribution in [0.4, 0.5) is 5.69 Å². The highest BCUT2D eigenvalue weighted by molar-refractivity contribution is 6.36. The van der Waals surface area contributed by atoms with E-state index in [4.69, 9.17) is 10.5 Å². The molecule has 0 radical (unpaired) electrons. The molecule has 0 saturated heterocycles. The van der Waals surface area contributed by atoms with E-state index < -0.39 is 0 Å². The second-order valence-corrected chi connectivity index (χ2v) is 9.48. The number of carbonyl (C=O) groups excluding carboxylic acids is 2. The van der Waals surface area contributed by atoms with Crippen LogP contribution in [0.5, 0.6) is 5.75 Å². The Morgan fingerprint density at radius 3 is 2.63 bits per heavy atom.